The topological polar surface area (TPSA) is 66.8 Å². The summed E-state index contributed by atoms with van der Waals surface area (Å²) in [5.41, 5.74) is 0.375. The van der Waals surface area contributed by atoms with Crippen LogP contribution >= 0.6 is 0 Å². The molecule has 3 saturated carbocycles. The number of aliphatic hydroxyl groups excluding tert-OH is 2. The Morgan fingerprint density at radius 1 is 1.12 bits per heavy atom. The quantitative estimate of drug-likeness (QED) is 0.402. The molecule has 4 fully saturated rings. The van der Waals surface area contributed by atoms with Crippen LogP contribution in [0.15, 0.2) is 11.8 Å². The molecule has 24 heavy (non-hydrogen) atoms. The molecule has 4 nitrogen and oxygen atoms in total. The van der Waals surface area contributed by atoms with Gasteiger partial charge in [0, 0.05) is 5.92 Å². The maximum Gasteiger partial charge on any atom is 0.337 e. The average Bonchev–Trinajstić information content (AvgIpc) is 2.54. The molecule has 134 valence electrons. The minimum Gasteiger partial charge on any atom is -0.515 e. The highest BCUT2D eigenvalue weighted by atomic mass is 16.6. The normalized spacial score (nSPS) is 52.9. The SMILES string of the molecule is CC12CCC3C(CCC4CC(O)CCC43C)C1CC(=CO)C(=O)O2. The molecule has 3 aliphatic carbocycles. The molecule has 1 heterocycles. The fourth-order valence-electron chi connectivity index (χ4n) is 6.72. The van der Waals surface area contributed by atoms with Crippen LogP contribution in [0.5, 0.6) is 0 Å². The van der Waals surface area contributed by atoms with Crippen molar-refractivity contribution < 1.29 is 19.7 Å². The Morgan fingerprint density at radius 3 is 2.67 bits per heavy atom. The van der Waals surface area contributed by atoms with Crippen molar-refractivity contribution >= 4 is 5.97 Å². The van der Waals surface area contributed by atoms with Crippen molar-refractivity contribution in [3.05, 3.63) is 11.8 Å². The highest BCUT2D eigenvalue weighted by molar-refractivity contribution is 5.89. The number of fused-ring (bicyclic) bond motifs is 5. The fraction of sp³-hybridized carbons (Fsp3) is 0.850. The molecule has 7 unspecified atom stereocenters. The summed E-state index contributed by atoms with van der Waals surface area (Å²) in [5, 5.41) is 19.5. The van der Waals surface area contributed by atoms with Crippen LogP contribution in [0.3, 0.4) is 0 Å². The molecule has 0 spiro atoms. The number of aliphatic hydroxyl groups is 2. The van der Waals surface area contributed by atoms with E-state index in [0.29, 0.717) is 41.1 Å². The number of rotatable bonds is 0. The third kappa shape index (κ3) is 2.25. The van der Waals surface area contributed by atoms with E-state index in [0.717, 1.165) is 44.8 Å². The van der Waals surface area contributed by atoms with E-state index in [2.05, 4.69) is 13.8 Å². The van der Waals surface area contributed by atoms with E-state index in [1.807, 2.05) is 0 Å². The predicted octanol–water partition coefficient (Wildman–Crippen LogP) is 3.74. The van der Waals surface area contributed by atoms with Gasteiger partial charge in [-0.1, -0.05) is 6.92 Å². The zero-order valence-electron chi connectivity index (χ0n) is 14.8. The molecule has 4 heteroatoms. The largest absolute Gasteiger partial charge is 0.515 e. The Kier molecular flexibility index (Phi) is 3.76. The monoisotopic (exact) mass is 334 g/mol. The number of carbonyl (C=O) groups excluding carboxylic acids is 1. The van der Waals surface area contributed by atoms with Crippen molar-refractivity contribution in [2.24, 2.45) is 29.1 Å². The molecule has 0 radical (unpaired) electrons. The molecule has 4 rings (SSSR count). The van der Waals surface area contributed by atoms with Gasteiger partial charge in [0.1, 0.15) is 5.60 Å². The lowest BCUT2D eigenvalue weighted by Gasteiger charge is -2.61. The number of carbonyl (C=O) groups is 1. The smallest absolute Gasteiger partial charge is 0.337 e. The first kappa shape index (κ1) is 16.4. The molecule has 0 aromatic heterocycles. The first-order chi connectivity index (χ1) is 11.4. The van der Waals surface area contributed by atoms with E-state index in [1.165, 1.54) is 6.42 Å². The molecule has 1 saturated heterocycles. The summed E-state index contributed by atoms with van der Waals surface area (Å²) >= 11 is 0. The first-order valence-electron chi connectivity index (χ1n) is 9.62. The van der Waals surface area contributed by atoms with Gasteiger partial charge in [0.25, 0.3) is 0 Å². The standard InChI is InChI=1S/C20H30O4/c1-19-7-5-14(22)10-13(19)3-4-15-16(19)6-8-20(2)17(15)9-12(11-21)18(23)24-20/h11,13-17,21-22H,3-10H2,1-2H3. The van der Waals surface area contributed by atoms with Gasteiger partial charge in [-0.3, -0.25) is 0 Å². The van der Waals surface area contributed by atoms with E-state index >= 15 is 0 Å². The van der Waals surface area contributed by atoms with Gasteiger partial charge < -0.3 is 14.9 Å². The number of ether oxygens (including phenoxy) is 1. The van der Waals surface area contributed by atoms with Crippen molar-refractivity contribution in [3.63, 3.8) is 0 Å². The average molecular weight is 334 g/mol. The van der Waals surface area contributed by atoms with Crippen LogP contribution in [0.4, 0.5) is 0 Å². The Balaban J connectivity index is 1.64. The molecular weight excluding hydrogens is 304 g/mol. The number of hydrogen-bond donors (Lipinski definition) is 2. The lowest BCUT2D eigenvalue weighted by Crippen LogP contribution is -2.58. The summed E-state index contributed by atoms with van der Waals surface area (Å²) in [4.78, 5) is 12.1. The maximum atomic E-state index is 12.1. The molecule has 0 aromatic carbocycles. The zero-order valence-corrected chi connectivity index (χ0v) is 14.8. The highest BCUT2D eigenvalue weighted by Crippen LogP contribution is 2.63. The van der Waals surface area contributed by atoms with Crippen molar-refractivity contribution in [2.75, 3.05) is 0 Å². The van der Waals surface area contributed by atoms with Crippen LogP contribution in [0, 0.1) is 29.1 Å². The summed E-state index contributed by atoms with van der Waals surface area (Å²) in [6, 6.07) is 0. The molecule has 0 bridgehead atoms. The Labute approximate surface area is 144 Å². The van der Waals surface area contributed by atoms with Gasteiger partial charge >= 0.3 is 5.97 Å². The van der Waals surface area contributed by atoms with Gasteiger partial charge in [-0.15, -0.1) is 0 Å². The lowest BCUT2D eigenvalue weighted by atomic mass is 9.45. The number of hydrogen-bond acceptors (Lipinski definition) is 4. The first-order valence-corrected chi connectivity index (χ1v) is 9.62. The lowest BCUT2D eigenvalue weighted by molar-refractivity contribution is -0.196. The molecule has 0 amide bonds. The van der Waals surface area contributed by atoms with Crippen molar-refractivity contribution in [3.8, 4) is 0 Å². The molecule has 7 atom stereocenters. The summed E-state index contributed by atoms with van der Waals surface area (Å²) < 4.78 is 5.81. The second-order valence-corrected chi connectivity index (χ2v) is 9.18. The van der Waals surface area contributed by atoms with Gasteiger partial charge in [0.2, 0.25) is 0 Å². The van der Waals surface area contributed by atoms with Crippen LogP contribution in [0.1, 0.15) is 65.2 Å². The third-order valence-electron chi connectivity index (χ3n) is 8.15. The van der Waals surface area contributed by atoms with E-state index in [-0.39, 0.29) is 17.7 Å². The van der Waals surface area contributed by atoms with Crippen LogP contribution in [0.2, 0.25) is 0 Å². The van der Waals surface area contributed by atoms with Gasteiger partial charge in [-0.2, -0.15) is 0 Å². The highest BCUT2D eigenvalue weighted by Gasteiger charge is 2.59. The Hall–Kier alpha value is -1.03. The summed E-state index contributed by atoms with van der Waals surface area (Å²) in [6.45, 7) is 4.54. The second-order valence-electron chi connectivity index (χ2n) is 9.18. The van der Waals surface area contributed by atoms with Gasteiger partial charge in [-0.25, -0.2) is 4.79 Å². The molecule has 1 aliphatic heterocycles. The van der Waals surface area contributed by atoms with Crippen molar-refractivity contribution in [1.29, 1.82) is 0 Å². The third-order valence-corrected chi connectivity index (χ3v) is 8.15. The van der Waals surface area contributed by atoms with E-state index < -0.39 is 0 Å². The van der Waals surface area contributed by atoms with E-state index in [9.17, 15) is 15.0 Å². The molecular formula is C20H30O4. The van der Waals surface area contributed by atoms with Gasteiger partial charge in [0.15, 0.2) is 0 Å². The maximum absolute atomic E-state index is 12.1. The molecule has 2 N–H and O–H groups in total. The number of esters is 1. The summed E-state index contributed by atoms with van der Waals surface area (Å²) in [6.07, 6.45) is 8.86. The van der Waals surface area contributed by atoms with Gasteiger partial charge in [-0.05, 0) is 81.5 Å². The minimum absolute atomic E-state index is 0.118. The summed E-state index contributed by atoms with van der Waals surface area (Å²) in [7, 11) is 0. The minimum atomic E-state index is -0.373. The van der Waals surface area contributed by atoms with Crippen molar-refractivity contribution in [2.45, 2.75) is 76.9 Å². The molecule has 4 aliphatic rings. The van der Waals surface area contributed by atoms with E-state index in [1.54, 1.807) is 0 Å². The summed E-state index contributed by atoms with van der Waals surface area (Å²) in [5.74, 6) is 1.82. The van der Waals surface area contributed by atoms with Crippen LogP contribution in [-0.4, -0.2) is 27.9 Å². The zero-order chi connectivity index (χ0) is 17.1. The van der Waals surface area contributed by atoms with Gasteiger partial charge in [0.05, 0.1) is 17.9 Å². The molecule has 0 aromatic rings. The predicted molar refractivity (Wildman–Crippen MR) is 90.2 cm³/mol. The Morgan fingerprint density at radius 2 is 1.92 bits per heavy atom. The van der Waals surface area contributed by atoms with Crippen LogP contribution in [0.25, 0.3) is 0 Å². The van der Waals surface area contributed by atoms with Crippen molar-refractivity contribution in [1.82, 2.24) is 0 Å². The second kappa shape index (κ2) is 5.48. The van der Waals surface area contributed by atoms with Crippen LogP contribution < -0.4 is 0 Å². The van der Waals surface area contributed by atoms with E-state index in [4.69, 9.17) is 4.74 Å². The van der Waals surface area contributed by atoms with Crippen LogP contribution in [-0.2, 0) is 9.53 Å². The Bertz CT molecular complexity index is 570. The fourth-order valence-corrected chi connectivity index (χ4v) is 6.72.